The highest BCUT2D eigenvalue weighted by Crippen LogP contribution is 2.51. The van der Waals surface area contributed by atoms with Crippen LogP contribution < -0.4 is 22.5 Å². The average Bonchev–Trinajstić information content (AvgIpc) is 3.34. The first-order valence-corrected chi connectivity index (χ1v) is 13.1. The first kappa shape index (κ1) is 29.2. The second-order valence-electron chi connectivity index (χ2n) is 8.84. The molecule has 0 saturated carbocycles. The van der Waals surface area contributed by atoms with Crippen LogP contribution in [0.1, 0.15) is 18.9 Å². The molecule has 0 bridgehead atoms. The molecule has 4 heterocycles. The van der Waals surface area contributed by atoms with Gasteiger partial charge in [0.1, 0.15) is 36.7 Å². The summed E-state index contributed by atoms with van der Waals surface area (Å²) in [6.07, 6.45) is -8.00. The van der Waals surface area contributed by atoms with Crippen LogP contribution in [-0.2, 0) is 23.1 Å². The van der Waals surface area contributed by atoms with Crippen molar-refractivity contribution in [2.45, 2.75) is 49.4 Å². The van der Waals surface area contributed by atoms with Crippen molar-refractivity contribution in [3.05, 3.63) is 66.2 Å². The predicted octanol–water partition coefficient (Wildman–Crippen LogP) is -3.90. The van der Waals surface area contributed by atoms with E-state index in [2.05, 4.69) is 0 Å². The second kappa shape index (κ2) is 11.8. The van der Waals surface area contributed by atoms with Crippen LogP contribution in [-0.4, -0.2) is 94.8 Å². The molecule has 1 unspecified atom stereocenters. The summed E-state index contributed by atoms with van der Waals surface area (Å²) in [7, 11) is -5.00. The lowest BCUT2D eigenvalue weighted by atomic mass is 9.96. The van der Waals surface area contributed by atoms with E-state index in [0.717, 1.165) is 33.7 Å². The molecular weight excluding hydrogens is 551 g/mol. The number of ether oxygens (including phenoxy) is 2. The lowest BCUT2D eigenvalue weighted by Crippen LogP contribution is -2.37. The Morgan fingerprint density at radius 1 is 0.897 bits per heavy atom. The fraction of sp³-hybridized carbons (Fsp3) is 0.600. The minimum atomic E-state index is -5.00. The molecule has 18 nitrogen and oxygen atoms in total. The monoisotopic (exact) mass is 578 g/mol. The van der Waals surface area contributed by atoms with E-state index in [0.29, 0.717) is 0 Å². The Balaban J connectivity index is 1.47. The smallest absolute Gasteiger partial charge is 0.396 e. The van der Waals surface area contributed by atoms with Gasteiger partial charge in [-0.1, -0.05) is 0 Å². The number of aromatic amines is 2. The lowest BCUT2D eigenvalue weighted by Gasteiger charge is -2.26. The number of aliphatic hydroxyl groups is 4. The fourth-order valence-electron chi connectivity index (χ4n) is 4.52. The molecule has 0 spiro atoms. The van der Waals surface area contributed by atoms with Crippen LogP contribution >= 0.6 is 7.82 Å². The molecule has 0 aromatic carbocycles. The number of aliphatic hydroxyl groups excluding tert-OH is 4. The number of hydrogen-bond donors (Lipinski definition) is 7. The van der Waals surface area contributed by atoms with E-state index >= 15 is 0 Å². The van der Waals surface area contributed by atoms with Crippen molar-refractivity contribution < 1.29 is 48.4 Å². The molecule has 4 rings (SSSR count). The van der Waals surface area contributed by atoms with Crippen molar-refractivity contribution in [1.82, 2.24) is 19.1 Å². The Bertz CT molecular complexity index is 1440. The molecule has 2 aromatic rings. The van der Waals surface area contributed by atoms with Crippen LogP contribution in [0, 0.1) is 5.92 Å². The van der Waals surface area contributed by atoms with Gasteiger partial charge in [0.25, 0.3) is 11.1 Å². The number of nitrogens with zero attached hydrogens (tertiary/aromatic N) is 2. The summed E-state index contributed by atoms with van der Waals surface area (Å²) < 4.78 is 35.9. The summed E-state index contributed by atoms with van der Waals surface area (Å²) in [5.41, 5.74) is -3.18. The van der Waals surface area contributed by atoms with Gasteiger partial charge in [0.2, 0.25) is 0 Å². The Labute approximate surface area is 217 Å². The first-order chi connectivity index (χ1) is 18.5. The third kappa shape index (κ3) is 6.20. The molecule has 39 heavy (non-hydrogen) atoms. The van der Waals surface area contributed by atoms with Crippen LogP contribution in [0.15, 0.2) is 43.7 Å². The number of aromatic nitrogens is 4. The highest BCUT2D eigenvalue weighted by molar-refractivity contribution is 7.47. The SMILES string of the molecule is O=c1ccn([C@@H]2O[C@H](COP(=O)(O)O[C@H]3[C@@H](CCO)[C@H](n4ccc(=O)[nH]c4=O)O[C@@H]3CO)[C@@H](O)[C@H]2O)c(=O)[nH]1. The van der Waals surface area contributed by atoms with E-state index in [1.165, 1.54) is 0 Å². The zero-order valence-corrected chi connectivity index (χ0v) is 20.9. The third-order valence-corrected chi connectivity index (χ3v) is 7.34. The Morgan fingerprint density at radius 3 is 2.00 bits per heavy atom. The molecular formula is C20H27N4O14P. The van der Waals surface area contributed by atoms with Gasteiger partial charge in [-0.3, -0.25) is 37.7 Å². The Morgan fingerprint density at radius 2 is 1.46 bits per heavy atom. The molecule has 2 saturated heterocycles. The molecule has 19 heteroatoms. The molecule has 2 aliphatic rings. The van der Waals surface area contributed by atoms with Crippen molar-refractivity contribution in [1.29, 1.82) is 0 Å². The number of phosphoric ester groups is 1. The quantitative estimate of drug-likeness (QED) is 0.133. The number of hydrogen-bond acceptors (Lipinski definition) is 13. The fourth-order valence-corrected chi connectivity index (χ4v) is 5.52. The molecule has 2 fully saturated rings. The minimum Gasteiger partial charge on any atom is -0.396 e. The predicted molar refractivity (Wildman–Crippen MR) is 125 cm³/mol. The molecule has 2 aromatic heterocycles. The van der Waals surface area contributed by atoms with Gasteiger partial charge in [0.05, 0.1) is 13.2 Å². The van der Waals surface area contributed by atoms with Gasteiger partial charge < -0.3 is 34.8 Å². The minimum absolute atomic E-state index is 0.107. The lowest BCUT2D eigenvalue weighted by molar-refractivity contribution is -0.0614. The van der Waals surface area contributed by atoms with E-state index in [1.807, 2.05) is 9.97 Å². The van der Waals surface area contributed by atoms with Gasteiger partial charge in [-0.05, 0) is 6.42 Å². The summed E-state index contributed by atoms with van der Waals surface area (Å²) in [4.78, 5) is 61.4. The van der Waals surface area contributed by atoms with E-state index in [1.54, 1.807) is 0 Å². The van der Waals surface area contributed by atoms with Crippen LogP contribution in [0.2, 0.25) is 0 Å². The van der Waals surface area contributed by atoms with Crippen LogP contribution in [0.4, 0.5) is 0 Å². The number of phosphoric acid groups is 1. The standard InChI is InChI=1S/C20H27N4O14P/c25-6-3-9-16(10(7-26)36-17(9)23-4-1-12(27)21-19(23)31)38-39(33,34)35-8-11-14(29)15(30)18(37-11)24-5-2-13(28)22-20(24)32/h1-2,4-5,9-11,14-18,25-26,29-30H,3,6-8H2,(H,33,34)(H,21,27,31)(H,22,28,32)/t9-,10-,11-,14-,15-,16+,17-,18-/m1/s1. The van der Waals surface area contributed by atoms with E-state index in [4.69, 9.17) is 18.5 Å². The Kier molecular flexibility index (Phi) is 8.82. The molecule has 0 amide bonds. The molecule has 7 N–H and O–H groups in total. The Hall–Kier alpha value is -2.77. The summed E-state index contributed by atoms with van der Waals surface area (Å²) in [5, 5.41) is 40.0. The number of H-pyrrole nitrogens is 2. The zero-order valence-electron chi connectivity index (χ0n) is 20.0. The van der Waals surface area contributed by atoms with Gasteiger partial charge in [-0.2, -0.15) is 0 Å². The first-order valence-electron chi connectivity index (χ1n) is 11.6. The van der Waals surface area contributed by atoms with Gasteiger partial charge in [-0.15, -0.1) is 0 Å². The summed E-state index contributed by atoms with van der Waals surface area (Å²) in [5.74, 6) is -0.966. The number of nitrogens with one attached hydrogen (secondary N) is 2. The maximum absolute atomic E-state index is 12.8. The van der Waals surface area contributed by atoms with Crippen LogP contribution in [0.3, 0.4) is 0 Å². The van der Waals surface area contributed by atoms with Crippen molar-refractivity contribution in [3.63, 3.8) is 0 Å². The molecule has 0 radical (unpaired) electrons. The maximum atomic E-state index is 12.8. The van der Waals surface area contributed by atoms with Crippen molar-refractivity contribution in [3.8, 4) is 0 Å². The topological polar surface area (TPSA) is 265 Å². The molecule has 216 valence electrons. The van der Waals surface area contributed by atoms with E-state index in [9.17, 15) is 49.1 Å². The summed E-state index contributed by atoms with van der Waals surface area (Å²) in [6.45, 7) is -1.97. The zero-order chi connectivity index (χ0) is 28.5. The maximum Gasteiger partial charge on any atom is 0.472 e. The van der Waals surface area contributed by atoms with Crippen molar-refractivity contribution >= 4 is 7.82 Å². The van der Waals surface area contributed by atoms with Crippen molar-refractivity contribution in [2.24, 2.45) is 5.92 Å². The van der Waals surface area contributed by atoms with Gasteiger partial charge in [-0.25, -0.2) is 14.2 Å². The second-order valence-corrected chi connectivity index (χ2v) is 10.2. The van der Waals surface area contributed by atoms with Gasteiger partial charge in [0, 0.05) is 37.1 Å². The van der Waals surface area contributed by atoms with Gasteiger partial charge >= 0.3 is 19.2 Å². The number of rotatable bonds is 10. The van der Waals surface area contributed by atoms with Crippen molar-refractivity contribution in [2.75, 3.05) is 19.8 Å². The largest absolute Gasteiger partial charge is 0.472 e. The summed E-state index contributed by atoms with van der Waals surface area (Å²) in [6, 6.07) is 2.03. The van der Waals surface area contributed by atoms with Gasteiger partial charge in [0.15, 0.2) is 6.23 Å². The highest BCUT2D eigenvalue weighted by Gasteiger charge is 2.50. The average molecular weight is 578 g/mol. The molecule has 2 aliphatic heterocycles. The van der Waals surface area contributed by atoms with Crippen LogP contribution in [0.5, 0.6) is 0 Å². The molecule has 9 atom stereocenters. The van der Waals surface area contributed by atoms with Crippen LogP contribution in [0.25, 0.3) is 0 Å². The molecule has 0 aliphatic carbocycles. The van der Waals surface area contributed by atoms with E-state index < -0.39 is 99.0 Å². The highest BCUT2D eigenvalue weighted by atomic mass is 31.2. The normalized spacial score (nSPS) is 32.3. The summed E-state index contributed by atoms with van der Waals surface area (Å²) >= 11 is 0. The third-order valence-electron chi connectivity index (χ3n) is 6.36. The van der Waals surface area contributed by atoms with E-state index in [-0.39, 0.29) is 6.42 Å².